The van der Waals surface area contributed by atoms with Gasteiger partial charge < -0.3 is 14.8 Å². The van der Waals surface area contributed by atoms with Gasteiger partial charge in [0.2, 0.25) is 5.91 Å². The fraction of sp³-hybridized carbons (Fsp3) is 0.320. The number of anilines is 1. The van der Waals surface area contributed by atoms with Crippen LogP contribution in [0.3, 0.4) is 0 Å². The molecule has 1 amide bonds. The molecule has 1 aromatic heterocycles. The van der Waals surface area contributed by atoms with Crippen molar-refractivity contribution in [3.8, 4) is 0 Å². The minimum atomic E-state index is -0.311. The van der Waals surface area contributed by atoms with E-state index in [9.17, 15) is 13.6 Å². The number of amides is 1. The lowest BCUT2D eigenvalue weighted by atomic mass is 10.0. The minimum absolute atomic E-state index is 0.0713. The number of nitrogens with zero attached hydrogens (tertiary/aromatic N) is 3. The van der Waals surface area contributed by atoms with Crippen molar-refractivity contribution in [1.82, 2.24) is 14.8 Å². The maximum absolute atomic E-state index is 14.0. The van der Waals surface area contributed by atoms with E-state index in [1.54, 1.807) is 12.1 Å². The van der Waals surface area contributed by atoms with Crippen LogP contribution in [-0.4, -0.2) is 54.6 Å². The first-order valence-electron chi connectivity index (χ1n) is 11.0. The summed E-state index contributed by atoms with van der Waals surface area (Å²) in [5.74, 6) is -0.573. The number of aromatic nitrogens is 1. The number of para-hydroxylation sites is 1. The van der Waals surface area contributed by atoms with Crippen molar-refractivity contribution < 1.29 is 13.6 Å². The summed E-state index contributed by atoms with van der Waals surface area (Å²) in [5.41, 5.74) is 1.41. The molecular weight excluding hydrogens is 410 g/mol. The van der Waals surface area contributed by atoms with E-state index in [0.29, 0.717) is 12.2 Å². The molecule has 32 heavy (non-hydrogen) atoms. The molecule has 5 nitrogen and oxygen atoms in total. The standard InChI is InChI=1S/C25H28F2N4O/c26-21-7-5-6-20(18-21)24(30-11-3-4-12-30)19-25(32)28-10-13-29-14-16-31(17-15-29)23-9-2-1-8-22(23)27/h1-9,11-12,18,24H,10,13-17,19H2,(H,28,32)/t24-/m0/s1. The lowest BCUT2D eigenvalue weighted by Gasteiger charge is -2.36. The normalized spacial score (nSPS) is 15.5. The lowest BCUT2D eigenvalue weighted by molar-refractivity contribution is -0.121. The molecule has 7 heteroatoms. The van der Waals surface area contributed by atoms with Crippen molar-refractivity contribution in [3.05, 3.63) is 90.3 Å². The van der Waals surface area contributed by atoms with Crippen molar-refractivity contribution in [1.29, 1.82) is 0 Å². The van der Waals surface area contributed by atoms with Crippen LogP contribution in [0.1, 0.15) is 18.0 Å². The highest BCUT2D eigenvalue weighted by Crippen LogP contribution is 2.23. The second kappa shape index (κ2) is 10.4. The van der Waals surface area contributed by atoms with E-state index in [4.69, 9.17) is 0 Å². The van der Waals surface area contributed by atoms with Crippen LogP contribution in [-0.2, 0) is 4.79 Å². The summed E-state index contributed by atoms with van der Waals surface area (Å²) in [7, 11) is 0. The smallest absolute Gasteiger partial charge is 0.222 e. The summed E-state index contributed by atoms with van der Waals surface area (Å²) in [6.07, 6.45) is 4.01. The Bertz CT molecular complexity index is 1020. The molecule has 0 unspecified atom stereocenters. The number of hydrogen-bond donors (Lipinski definition) is 1. The Labute approximate surface area is 187 Å². The number of nitrogens with one attached hydrogen (secondary N) is 1. The Morgan fingerprint density at radius 1 is 0.938 bits per heavy atom. The first kappa shape index (κ1) is 22.0. The molecule has 168 valence electrons. The molecule has 0 aliphatic carbocycles. The van der Waals surface area contributed by atoms with Gasteiger partial charge in [0, 0.05) is 51.7 Å². The number of benzene rings is 2. The molecule has 3 aromatic rings. The third-order valence-corrected chi connectivity index (χ3v) is 5.92. The number of halogens is 2. The van der Waals surface area contributed by atoms with Crippen LogP contribution in [0.5, 0.6) is 0 Å². The van der Waals surface area contributed by atoms with Crippen LogP contribution in [0.25, 0.3) is 0 Å². The van der Waals surface area contributed by atoms with Gasteiger partial charge in [-0.15, -0.1) is 0 Å². The van der Waals surface area contributed by atoms with Gasteiger partial charge in [-0.3, -0.25) is 9.69 Å². The number of carbonyl (C=O) groups excluding carboxylic acids is 1. The first-order chi connectivity index (χ1) is 15.6. The average molecular weight is 439 g/mol. The number of hydrogen-bond acceptors (Lipinski definition) is 3. The number of rotatable bonds is 8. The predicted molar refractivity (Wildman–Crippen MR) is 122 cm³/mol. The summed E-state index contributed by atoms with van der Waals surface area (Å²) in [5, 5.41) is 3.00. The van der Waals surface area contributed by atoms with E-state index < -0.39 is 0 Å². The summed E-state index contributed by atoms with van der Waals surface area (Å²) in [6.45, 7) is 4.43. The SMILES string of the molecule is O=C(C[C@@H](c1cccc(F)c1)n1cccc1)NCCN1CCN(c2ccccc2F)CC1. The Hall–Kier alpha value is -3.19. The predicted octanol–water partition coefficient (Wildman–Crippen LogP) is 3.68. The van der Waals surface area contributed by atoms with Crippen LogP contribution in [0, 0.1) is 11.6 Å². The van der Waals surface area contributed by atoms with Gasteiger partial charge in [0.15, 0.2) is 0 Å². The molecule has 0 spiro atoms. The highest BCUT2D eigenvalue weighted by atomic mass is 19.1. The molecule has 1 fully saturated rings. The molecule has 2 aromatic carbocycles. The fourth-order valence-electron chi connectivity index (χ4n) is 4.19. The van der Waals surface area contributed by atoms with Crippen LogP contribution < -0.4 is 10.2 Å². The quantitative estimate of drug-likeness (QED) is 0.583. The second-order valence-electron chi connectivity index (χ2n) is 8.04. The highest BCUT2D eigenvalue weighted by molar-refractivity contribution is 5.76. The summed E-state index contributed by atoms with van der Waals surface area (Å²) in [4.78, 5) is 17.0. The maximum atomic E-state index is 14.0. The molecule has 1 aliphatic rings. The Balaban J connectivity index is 1.25. The van der Waals surface area contributed by atoms with E-state index in [1.807, 2.05) is 47.3 Å². The van der Waals surface area contributed by atoms with Crippen LogP contribution in [0.4, 0.5) is 14.5 Å². The molecule has 1 saturated heterocycles. The molecule has 1 aliphatic heterocycles. The van der Waals surface area contributed by atoms with Gasteiger partial charge in [-0.05, 0) is 42.0 Å². The zero-order chi connectivity index (χ0) is 22.3. The monoisotopic (exact) mass is 438 g/mol. The van der Waals surface area contributed by atoms with Crippen molar-refractivity contribution in [2.75, 3.05) is 44.2 Å². The van der Waals surface area contributed by atoms with Crippen molar-refractivity contribution in [2.45, 2.75) is 12.5 Å². The molecule has 1 atom stereocenters. The van der Waals surface area contributed by atoms with E-state index in [-0.39, 0.29) is 30.0 Å². The highest BCUT2D eigenvalue weighted by Gasteiger charge is 2.20. The van der Waals surface area contributed by atoms with E-state index in [2.05, 4.69) is 15.1 Å². The Morgan fingerprint density at radius 3 is 2.41 bits per heavy atom. The molecule has 4 rings (SSSR count). The number of piperazine rings is 1. The first-order valence-corrected chi connectivity index (χ1v) is 11.0. The van der Waals surface area contributed by atoms with Crippen molar-refractivity contribution in [3.63, 3.8) is 0 Å². The van der Waals surface area contributed by atoms with E-state index >= 15 is 0 Å². The molecule has 0 radical (unpaired) electrons. The fourth-order valence-corrected chi connectivity index (χ4v) is 4.19. The molecular formula is C25H28F2N4O. The topological polar surface area (TPSA) is 40.5 Å². The largest absolute Gasteiger partial charge is 0.367 e. The van der Waals surface area contributed by atoms with Gasteiger partial charge in [0.1, 0.15) is 11.6 Å². The minimum Gasteiger partial charge on any atom is -0.367 e. The molecule has 1 N–H and O–H groups in total. The zero-order valence-electron chi connectivity index (χ0n) is 18.0. The van der Waals surface area contributed by atoms with Gasteiger partial charge in [0.25, 0.3) is 0 Å². The van der Waals surface area contributed by atoms with Gasteiger partial charge in [-0.2, -0.15) is 0 Å². The van der Waals surface area contributed by atoms with Gasteiger partial charge in [-0.25, -0.2) is 8.78 Å². The Morgan fingerprint density at radius 2 is 1.69 bits per heavy atom. The van der Waals surface area contributed by atoms with Gasteiger partial charge in [0.05, 0.1) is 18.2 Å². The van der Waals surface area contributed by atoms with Crippen LogP contribution >= 0.6 is 0 Å². The van der Waals surface area contributed by atoms with Crippen LogP contribution in [0.2, 0.25) is 0 Å². The average Bonchev–Trinajstić information content (AvgIpc) is 3.33. The zero-order valence-corrected chi connectivity index (χ0v) is 18.0. The third-order valence-electron chi connectivity index (χ3n) is 5.92. The van der Waals surface area contributed by atoms with E-state index in [1.165, 1.54) is 18.2 Å². The summed E-state index contributed by atoms with van der Waals surface area (Å²) < 4.78 is 29.6. The van der Waals surface area contributed by atoms with Gasteiger partial charge in [-0.1, -0.05) is 24.3 Å². The maximum Gasteiger partial charge on any atom is 0.222 e. The number of carbonyl (C=O) groups is 1. The van der Waals surface area contributed by atoms with Crippen molar-refractivity contribution >= 4 is 11.6 Å². The van der Waals surface area contributed by atoms with E-state index in [0.717, 1.165) is 38.3 Å². The molecule has 0 bridgehead atoms. The summed E-state index contributed by atoms with van der Waals surface area (Å²) >= 11 is 0. The Kier molecular flexibility index (Phi) is 7.17. The molecule has 0 saturated carbocycles. The third kappa shape index (κ3) is 5.53. The van der Waals surface area contributed by atoms with Crippen LogP contribution in [0.15, 0.2) is 73.1 Å². The lowest BCUT2D eigenvalue weighted by Crippen LogP contribution is -2.48. The molecule has 2 heterocycles. The summed E-state index contributed by atoms with van der Waals surface area (Å²) in [6, 6.07) is 16.8. The van der Waals surface area contributed by atoms with Gasteiger partial charge >= 0.3 is 0 Å². The second-order valence-corrected chi connectivity index (χ2v) is 8.04. The van der Waals surface area contributed by atoms with Crippen molar-refractivity contribution in [2.24, 2.45) is 0 Å².